The number of nitrogen functional groups attached to an aromatic ring is 1. The van der Waals surface area contributed by atoms with E-state index in [1.807, 2.05) is 42.5 Å². The summed E-state index contributed by atoms with van der Waals surface area (Å²) in [7, 11) is 0. The normalized spacial score (nSPS) is 10.6. The van der Waals surface area contributed by atoms with Crippen LogP contribution in [0.25, 0.3) is 0 Å². The van der Waals surface area contributed by atoms with Gasteiger partial charge in [-0.05, 0) is 53.4 Å². The Bertz CT molecular complexity index is 938. The molecule has 0 atom stereocenters. The molecule has 0 aliphatic rings. The summed E-state index contributed by atoms with van der Waals surface area (Å²) >= 11 is 0. The van der Waals surface area contributed by atoms with Crippen molar-refractivity contribution in [3.63, 3.8) is 0 Å². The van der Waals surface area contributed by atoms with Crippen molar-refractivity contribution in [2.24, 2.45) is 0 Å². The number of ether oxygens (including phenoxy) is 1. The smallest absolute Gasteiger partial charge is 0.255 e. The number of pyridine rings is 1. The Morgan fingerprint density at radius 2 is 1.81 bits per heavy atom. The third kappa shape index (κ3) is 4.85. The highest BCUT2D eigenvalue weighted by Gasteiger charge is 2.10. The SMILES string of the molecule is CC(C)c1cccc(Oc2cccc(CNC(=O)c3cccnc3N)c2)c1. The summed E-state index contributed by atoms with van der Waals surface area (Å²) in [5, 5.41) is 2.86. The van der Waals surface area contributed by atoms with Gasteiger partial charge in [-0.3, -0.25) is 4.79 Å². The second-order valence-corrected chi connectivity index (χ2v) is 6.60. The van der Waals surface area contributed by atoms with Gasteiger partial charge in [-0.15, -0.1) is 0 Å². The van der Waals surface area contributed by atoms with E-state index in [-0.39, 0.29) is 11.7 Å². The highest BCUT2D eigenvalue weighted by molar-refractivity contribution is 5.98. The van der Waals surface area contributed by atoms with Crippen LogP contribution in [0.5, 0.6) is 11.5 Å². The molecule has 0 unspecified atom stereocenters. The van der Waals surface area contributed by atoms with Gasteiger partial charge in [-0.2, -0.15) is 0 Å². The summed E-state index contributed by atoms with van der Waals surface area (Å²) < 4.78 is 5.98. The Kier molecular flexibility index (Phi) is 5.71. The maximum Gasteiger partial charge on any atom is 0.255 e. The zero-order valence-corrected chi connectivity index (χ0v) is 15.5. The highest BCUT2D eigenvalue weighted by Crippen LogP contribution is 2.25. The number of hydrogen-bond donors (Lipinski definition) is 2. The summed E-state index contributed by atoms with van der Waals surface area (Å²) in [4.78, 5) is 16.2. The average Bonchev–Trinajstić information content (AvgIpc) is 2.67. The van der Waals surface area contributed by atoms with Crippen molar-refractivity contribution in [1.29, 1.82) is 0 Å². The van der Waals surface area contributed by atoms with Crippen molar-refractivity contribution < 1.29 is 9.53 Å². The van der Waals surface area contributed by atoms with E-state index >= 15 is 0 Å². The zero-order chi connectivity index (χ0) is 19.2. The van der Waals surface area contributed by atoms with Crippen LogP contribution in [0.15, 0.2) is 66.9 Å². The number of aromatic nitrogens is 1. The molecule has 1 aromatic heterocycles. The number of benzene rings is 2. The van der Waals surface area contributed by atoms with Gasteiger partial charge in [0.1, 0.15) is 17.3 Å². The Hall–Kier alpha value is -3.34. The van der Waals surface area contributed by atoms with Crippen LogP contribution in [-0.4, -0.2) is 10.9 Å². The first-order valence-electron chi connectivity index (χ1n) is 8.88. The van der Waals surface area contributed by atoms with Crippen LogP contribution >= 0.6 is 0 Å². The number of carbonyl (C=O) groups excluding carboxylic acids is 1. The lowest BCUT2D eigenvalue weighted by molar-refractivity contribution is 0.0951. The summed E-state index contributed by atoms with van der Waals surface area (Å²) in [6, 6.07) is 19.0. The third-order valence-corrected chi connectivity index (χ3v) is 4.20. The Morgan fingerprint density at radius 1 is 1.07 bits per heavy atom. The van der Waals surface area contributed by atoms with E-state index in [0.717, 1.165) is 17.1 Å². The second-order valence-electron chi connectivity index (χ2n) is 6.60. The first-order valence-corrected chi connectivity index (χ1v) is 8.88. The van der Waals surface area contributed by atoms with Gasteiger partial charge in [-0.25, -0.2) is 4.98 Å². The van der Waals surface area contributed by atoms with E-state index in [9.17, 15) is 4.79 Å². The van der Waals surface area contributed by atoms with Crippen molar-refractivity contribution in [3.05, 3.63) is 83.6 Å². The summed E-state index contributed by atoms with van der Waals surface area (Å²) in [5.74, 6) is 1.93. The molecule has 0 radical (unpaired) electrons. The summed E-state index contributed by atoms with van der Waals surface area (Å²) in [5.41, 5.74) is 8.27. The van der Waals surface area contributed by atoms with Crippen molar-refractivity contribution in [3.8, 4) is 11.5 Å². The number of carbonyl (C=O) groups is 1. The van der Waals surface area contributed by atoms with Gasteiger partial charge >= 0.3 is 0 Å². The van der Waals surface area contributed by atoms with Gasteiger partial charge in [0, 0.05) is 12.7 Å². The predicted molar refractivity (Wildman–Crippen MR) is 107 cm³/mol. The van der Waals surface area contributed by atoms with Crippen LogP contribution in [0, 0.1) is 0 Å². The first kappa shape index (κ1) is 18.5. The lowest BCUT2D eigenvalue weighted by Crippen LogP contribution is -2.24. The van der Waals surface area contributed by atoms with Gasteiger partial charge < -0.3 is 15.8 Å². The number of amides is 1. The van der Waals surface area contributed by atoms with Gasteiger partial charge in [0.25, 0.3) is 5.91 Å². The first-order chi connectivity index (χ1) is 13.0. The Labute approximate surface area is 159 Å². The third-order valence-electron chi connectivity index (χ3n) is 4.20. The van der Waals surface area contributed by atoms with Crippen LogP contribution in [0.3, 0.4) is 0 Å². The quantitative estimate of drug-likeness (QED) is 0.677. The molecule has 3 rings (SSSR count). The molecule has 3 aromatic rings. The maximum atomic E-state index is 12.3. The summed E-state index contributed by atoms with van der Waals surface area (Å²) in [6.07, 6.45) is 1.56. The molecule has 3 N–H and O–H groups in total. The molecule has 5 heteroatoms. The van der Waals surface area contributed by atoms with E-state index in [1.54, 1.807) is 18.3 Å². The molecular weight excluding hydrogens is 338 g/mol. The van der Waals surface area contributed by atoms with Gasteiger partial charge in [0.05, 0.1) is 5.56 Å². The van der Waals surface area contributed by atoms with E-state index in [2.05, 4.69) is 30.2 Å². The lowest BCUT2D eigenvalue weighted by Gasteiger charge is -2.11. The van der Waals surface area contributed by atoms with Gasteiger partial charge in [-0.1, -0.05) is 38.1 Å². The van der Waals surface area contributed by atoms with Gasteiger partial charge in [0.15, 0.2) is 0 Å². The largest absolute Gasteiger partial charge is 0.457 e. The van der Waals surface area contributed by atoms with E-state index in [0.29, 0.717) is 18.0 Å². The minimum absolute atomic E-state index is 0.220. The minimum atomic E-state index is -0.253. The number of hydrogen-bond acceptors (Lipinski definition) is 4. The molecule has 0 aliphatic carbocycles. The molecule has 0 saturated carbocycles. The van der Waals surface area contributed by atoms with Crippen LogP contribution in [0.2, 0.25) is 0 Å². The maximum absolute atomic E-state index is 12.3. The Morgan fingerprint density at radius 3 is 2.56 bits per heavy atom. The molecule has 138 valence electrons. The van der Waals surface area contributed by atoms with E-state index in [4.69, 9.17) is 10.5 Å². The van der Waals surface area contributed by atoms with Crippen molar-refractivity contribution in [2.75, 3.05) is 5.73 Å². The van der Waals surface area contributed by atoms with Crippen LogP contribution in [0.1, 0.15) is 41.3 Å². The predicted octanol–water partition coefficient (Wildman–Crippen LogP) is 4.51. The standard InChI is InChI=1S/C22H23N3O2/c1-15(2)17-7-4-9-19(13-17)27-18-8-3-6-16(12-18)14-25-22(26)20-10-5-11-24-21(20)23/h3-13,15H,14H2,1-2H3,(H2,23,24)(H,25,26). The van der Waals surface area contributed by atoms with E-state index in [1.165, 1.54) is 5.56 Å². The van der Waals surface area contributed by atoms with Crippen molar-refractivity contribution in [1.82, 2.24) is 10.3 Å². The topological polar surface area (TPSA) is 77.2 Å². The van der Waals surface area contributed by atoms with Crippen LogP contribution < -0.4 is 15.8 Å². The molecule has 0 aliphatic heterocycles. The monoisotopic (exact) mass is 361 g/mol. The highest BCUT2D eigenvalue weighted by atomic mass is 16.5. The van der Waals surface area contributed by atoms with Crippen LogP contribution in [-0.2, 0) is 6.54 Å². The number of nitrogens with two attached hydrogens (primary N) is 1. The molecular formula is C22H23N3O2. The fourth-order valence-electron chi connectivity index (χ4n) is 2.68. The van der Waals surface area contributed by atoms with Crippen LogP contribution in [0.4, 0.5) is 5.82 Å². The minimum Gasteiger partial charge on any atom is -0.457 e. The van der Waals surface area contributed by atoms with E-state index < -0.39 is 0 Å². The van der Waals surface area contributed by atoms with Gasteiger partial charge in [0.2, 0.25) is 0 Å². The number of anilines is 1. The number of nitrogens with zero attached hydrogens (tertiary/aromatic N) is 1. The fourth-order valence-corrected chi connectivity index (χ4v) is 2.68. The molecule has 0 spiro atoms. The number of nitrogens with one attached hydrogen (secondary N) is 1. The Balaban J connectivity index is 1.66. The molecule has 1 amide bonds. The van der Waals surface area contributed by atoms with Crippen molar-refractivity contribution in [2.45, 2.75) is 26.3 Å². The molecule has 0 saturated heterocycles. The number of rotatable bonds is 6. The molecule has 2 aromatic carbocycles. The van der Waals surface area contributed by atoms with Crippen molar-refractivity contribution >= 4 is 11.7 Å². The second kappa shape index (κ2) is 8.36. The molecule has 27 heavy (non-hydrogen) atoms. The zero-order valence-electron chi connectivity index (χ0n) is 15.5. The molecule has 0 bridgehead atoms. The average molecular weight is 361 g/mol. The molecule has 1 heterocycles. The lowest BCUT2D eigenvalue weighted by atomic mass is 10.0. The molecule has 5 nitrogen and oxygen atoms in total. The fraction of sp³-hybridized carbons (Fsp3) is 0.182. The summed E-state index contributed by atoms with van der Waals surface area (Å²) in [6.45, 7) is 4.67. The molecule has 0 fully saturated rings.